The monoisotopic (exact) mass is 385 g/mol. The van der Waals surface area contributed by atoms with Gasteiger partial charge in [0.05, 0.1) is 6.26 Å². The fourth-order valence-corrected chi connectivity index (χ4v) is 3.16. The Kier molecular flexibility index (Phi) is 5.68. The number of oxazole rings is 1. The lowest BCUT2D eigenvalue weighted by atomic mass is 10.0. The van der Waals surface area contributed by atoms with Gasteiger partial charge < -0.3 is 24.0 Å². The maximum atomic E-state index is 12.8. The van der Waals surface area contributed by atoms with E-state index in [1.54, 1.807) is 17.0 Å². The van der Waals surface area contributed by atoms with Crippen molar-refractivity contribution in [2.24, 2.45) is 5.92 Å². The van der Waals surface area contributed by atoms with E-state index in [1.807, 2.05) is 24.8 Å². The SMILES string of the molecule is CC(=O)NC(C(=O)N1CCN(c2oc(-c3ccco3)nc2C#N)CC1)C(C)C. The molecule has 1 unspecified atom stereocenters. The molecule has 2 aromatic heterocycles. The van der Waals surface area contributed by atoms with Crippen molar-refractivity contribution in [3.63, 3.8) is 0 Å². The smallest absolute Gasteiger partial charge is 0.266 e. The second-order valence-corrected chi connectivity index (χ2v) is 7.00. The second kappa shape index (κ2) is 8.17. The quantitative estimate of drug-likeness (QED) is 0.831. The summed E-state index contributed by atoms with van der Waals surface area (Å²) in [6.45, 7) is 7.13. The van der Waals surface area contributed by atoms with Crippen LogP contribution in [0, 0.1) is 17.2 Å². The highest BCUT2D eigenvalue weighted by molar-refractivity contribution is 5.87. The Morgan fingerprint density at radius 1 is 1.29 bits per heavy atom. The van der Waals surface area contributed by atoms with Crippen LogP contribution in [0.3, 0.4) is 0 Å². The fraction of sp³-hybridized carbons (Fsp3) is 0.474. The summed E-state index contributed by atoms with van der Waals surface area (Å²) >= 11 is 0. The number of nitriles is 1. The number of rotatable bonds is 5. The zero-order valence-electron chi connectivity index (χ0n) is 16.1. The van der Waals surface area contributed by atoms with Crippen molar-refractivity contribution in [2.75, 3.05) is 31.1 Å². The molecule has 1 N–H and O–H groups in total. The summed E-state index contributed by atoms with van der Waals surface area (Å²) in [5, 5.41) is 12.1. The lowest BCUT2D eigenvalue weighted by Gasteiger charge is -2.37. The molecule has 1 fully saturated rings. The second-order valence-electron chi connectivity index (χ2n) is 7.00. The van der Waals surface area contributed by atoms with E-state index in [2.05, 4.69) is 10.3 Å². The van der Waals surface area contributed by atoms with Crippen molar-refractivity contribution in [2.45, 2.75) is 26.8 Å². The first-order valence-corrected chi connectivity index (χ1v) is 9.16. The van der Waals surface area contributed by atoms with Gasteiger partial charge in [0.25, 0.3) is 5.89 Å². The van der Waals surface area contributed by atoms with Gasteiger partial charge in [-0.15, -0.1) is 0 Å². The summed E-state index contributed by atoms with van der Waals surface area (Å²) in [6.07, 6.45) is 1.51. The van der Waals surface area contributed by atoms with Crippen LogP contribution in [0.25, 0.3) is 11.7 Å². The Morgan fingerprint density at radius 2 is 2.00 bits per heavy atom. The summed E-state index contributed by atoms with van der Waals surface area (Å²) < 4.78 is 11.0. The number of aromatic nitrogens is 1. The molecule has 3 heterocycles. The van der Waals surface area contributed by atoms with Crippen LogP contribution < -0.4 is 10.2 Å². The molecule has 28 heavy (non-hydrogen) atoms. The maximum absolute atomic E-state index is 12.8. The third-order valence-electron chi connectivity index (χ3n) is 4.62. The van der Waals surface area contributed by atoms with E-state index in [9.17, 15) is 14.9 Å². The standard InChI is InChI=1S/C19H23N5O4/c1-12(2)16(21-13(3)25)18(26)23-6-8-24(9-7-23)19-14(11-20)22-17(28-19)15-5-4-10-27-15/h4-5,10,12,16H,6-9H2,1-3H3,(H,21,25). The molecule has 2 amide bonds. The van der Waals surface area contributed by atoms with E-state index >= 15 is 0 Å². The molecule has 2 aromatic rings. The van der Waals surface area contributed by atoms with Crippen LogP contribution in [-0.2, 0) is 9.59 Å². The minimum atomic E-state index is -0.547. The number of nitrogens with one attached hydrogen (secondary N) is 1. The number of carbonyl (C=O) groups is 2. The number of furan rings is 1. The molecule has 0 bridgehead atoms. The number of hydrogen-bond donors (Lipinski definition) is 1. The normalized spacial score (nSPS) is 15.4. The Labute approximate surface area is 162 Å². The fourth-order valence-electron chi connectivity index (χ4n) is 3.16. The third-order valence-corrected chi connectivity index (χ3v) is 4.62. The largest absolute Gasteiger partial charge is 0.459 e. The summed E-state index contributed by atoms with van der Waals surface area (Å²) in [6, 6.07) is 4.93. The van der Waals surface area contributed by atoms with Gasteiger partial charge in [0.1, 0.15) is 12.1 Å². The van der Waals surface area contributed by atoms with Gasteiger partial charge in [-0.2, -0.15) is 10.2 Å². The van der Waals surface area contributed by atoms with Gasteiger partial charge in [-0.05, 0) is 18.1 Å². The number of hydrogen-bond acceptors (Lipinski definition) is 7. The maximum Gasteiger partial charge on any atom is 0.266 e. The third kappa shape index (κ3) is 4.01. The average molecular weight is 385 g/mol. The van der Waals surface area contributed by atoms with Crippen LogP contribution >= 0.6 is 0 Å². The van der Waals surface area contributed by atoms with Gasteiger partial charge >= 0.3 is 0 Å². The number of anilines is 1. The summed E-state index contributed by atoms with van der Waals surface area (Å²) in [5.74, 6) is 0.746. The highest BCUT2D eigenvalue weighted by Crippen LogP contribution is 2.29. The highest BCUT2D eigenvalue weighted by atomic mass is 16.4. The van der Waals surface area contributed by atoms with Gasteiger partial charge in [-0.3, -0.25) is 9.59 Å². The molecule has 3 rings (SSSR count). The summed E-state index contributed by atoms with van der Waals surface area (Å²) in [5.41, 5.74) is 0.185. The summed E-state index contributed by atoms with van der Waals surface area (Å²) in [7, 11) is 0. The Hall–Kier alpha value is -3.28. The van der Waals surface area contributed by atoms with Gasteiger partial charge in [0.15, 0.2) is 5.76 Å². The van der Waals surface area contributed by atoms with Gasteiger partial charge in [0.2, 0.25) is 23.4 Å². The predicted molar refractivity (Wildman–Crippen MR) is 100 cm³/mol. The molecule has 9 nitrogen and oxygen atoms in total. The first kappa shape index (κ1) is 19.5. The molecule has 0 radical (unpaired) electrons. The van der Waals surface area contributed by atoms with Crippen LogP contribution in [0.2, 0.25) is 0 Å². The van der Waals surface area contributed by atoms with Crippen molar-refractivity contribution in [3.8, 4) is 17.7 Å². The Morgan fingerprint density at radius 3 is 2.54 bits per heavy atom. The van der Waals surface area contributed by atoms with Crippen LogP contribution in [0.1, 0.15) is 26.5 Å². The molecule has 0 spiro atoms. The predicted octanol–water partition coefficient (Wildman–Crippen LogP) is 1.62. The van der Waals surface area contributed by atoms with Crippen LogP contribution in [0.4, 0.5) is 5.88 Å². The van der Waals surface area contributed by atoms with Crippen molar-refractivity contribution in [1.29, 1.82) is 5.26 Å². The summed E-state index contributed by atoms with van der Waals surface area (Å²) in [4.78, 5) is 32.0. The molecule has 148 valence electrons. The molecule has 0 aromatic carbocycles. The van der Waals surface area contributed by atoms with Gasteiger partial charge in [-0.1, -0.05) is 13.8 Å². The molecular weight excluding hydrogens is 362 g/mol. The molecule has 1 saturated heterocycles. The number of amides is 2. The molecule has 1 atom stereocenters. The molecular formula is C19H23N5O4. The van der Waals surface area contributed by atoms with Crippen molar-refractivity contribution >= 4 is 17.7 Å². The minimum Gasteiger partial charge on any atom is -0.459 e. The lowest BCUT2D eigenvalue weighted by Crippen LogP contribution is -2.56. The molecule has 0 aliphatic carbocycles. The molecule has 9 heteroatoms. The Balaban J connectivity index is 1.69. The van der Waals surface area contributed by atoms with Crippen LogP contribution in [0.5, 0.6) is 0 Å². The number of carbonyl (C=O) groups excluding carboxylic acids is 2. The van der Waals surface area contributed by atoms with Gasteiger partial charge in [-0.25, -0.2) is 0 Å². The van der Waals surface area contributed by atoms with E-state index < -0.39 is 6.04 Å². The zero-order chi connectivity index (χ0) is 20.3. The van der Waals surface area contributed by atoms with Crippen LogP contribution in [0.15, 0.2) is 27.2 Å². The zero-order valence-corrected chi connectivity index (χ0v) is 16.1. The van der Waals surface area contributed by atoms with Crippen molar-refractivity contribution in [3.05, 3.63) is 24.1 Å². The molecule has 1 aliphatic rings. The van der Waals surface area contributed by atoms with E-state index in [0.717, 1.165) is 0 Å². The lowest BCUT2D eigenvalue weighted by molar-refractivity contribution is -0.137. The number of piperazine rings is 1. The van der Waals surface area contributed by atoms with E-state index in [4.69, 9.17) is 8.83 Å². The first-order valence-electron chi connectivity index (χ1n) is 9.16. The Bertz CT molecular complexity index is 873. The van der Waals surface area contributed by atoms with Gasteiger partial charge in [0, 0.05) is 33.1 Å². The molecule has 0 saturated carbocycles. The van der Waals surface area contributed by atoms with E-state index in [0.29, 0.717) is 37.8 Å². The topological polar surface area (TPSA) is 116 Å². The highest BCUT2D eigenvalue weighted by Gasteiger charge is 2.32. The average Bonchev–Trinajstić information content (AvgIpc) is 3.34. The van der Waals surface area contributed by atoms with E-state index in [1.165, 1.54) is 13.2 Å². The van der Waals surface area contributed by atoms with Crippen molar-refractivity contribution in [1.82, 2.24) is 15.2 Å². The molecule has 1 aliphatic heterocycles. The minimum absolute atomic E-state index is 0.00949. The first-order chi connectivity index (χ1) is 13.4. The van der Waals surface area contributed by atoms with E-state index in [-0.39, 0.29) is 29.3 Å². The van der Waals surface area contributed by atoms with Crippen molar-refractivity contribution < 1.29 is 18.4 Å². The number of nitrogens with zero attached hydrogens (tertiary/aromatic N) is 4. The van der Waals surface area contributed by atoms with Crippen LogP contribution in [-0.4, -0.2) is 53.9 Å².